The fraction of sp³-hybridized carbons (Fsp3) is 0.160. The largest absolute Gasteiger partial charge is 0.366 e. The molecule has 2 aliphatic rings. The fourth-order valence-electron chi connectivity index (χ4n) is 4.39. The van der Waals surface area contributed by atoms with E-state index in [4.69, 9.17) is 0 Å². The van der Waals surface area contributed by atoms with Crippen LogP contribution in [0.25, 0.3) is 5.70 Å². The number of carbonyl (C=O) groups excluding carboxylic acids is 1. The van der Waals surface area contributed by atoms with E-state index in [0.717, 1.165) is 0 Å². The molecule has 0 atom stereocenters. The molecule has 2 heterocycles. The third-order valence-corrected chi connectivity index (χ3v) is 7.79. The second kappa shape index (κ2) is 8.37. The van der Waals surface area contributed by atoms with E-state index in [1.165, 1.54) is 12.1 Å². The molecule has 0 radical (unpaired) electrons. The Labute approximate surface area is 191 Å². The molecular formula is C25H22FN3O3S. The van der Waals surface area contributed by atoms with E-state index in [1.807, 2.05) is 15.9 Å². The van der Waals surface area contributed by atoms with E-state index >= 15 is 0 Å². The molecule has 6 nitrogen and oxygen atoms in total. The molecule has 5 rings (SSSR count). The molecule has 0 aromatic heterocycles. The number of para-hydroxylation sites is 2. The highest BCUT2D eigenvalue weighted by Gasteiger charge is 2.42. The van der Waals surface area contributed by atoms with Crippen LogP contribution in [-0.4, -0.2) is 45.4 Å². The average Bonchev–Trinajstić information content (AvgIpc) is 3.07. The molecule has 3 aromatic carbocycles. The summed E-state index contributed by atoms with van der Waals surface area (Å²) in [5.41, 5.74) is 1.97. The number of fused-ring (bicyclic) bond motifs is 1. The molecule has 8 heteroatoms. The summed E-state index contributed by atoms with van der Waals surface area (Å²) in [5.74, 6) is -0.953. The van der Waals surface area contributed by atoms with Gasteiger partial charge in [0.05, 0.1) is 16.3 Å². The van der Waals surface area contributed by atoms with Crippen LogP contribution in [-0.2, 0) is 14.6 Å². The smallest absolute Gasteiger partial charge is 0.269 e. The second-order valence-corrected chi connectivity index (χ2v) is 9.78. The lowest BCUT2D eigenvalue weighted by Gasteiger charge is -2.38. The highest BCUT2D eigenvalue weighted by molar-refractivity contribution is 7.97. The zero-order valence-corrected chi connectivity index (χ0v) is 18.6. The van der Waals surface area contributed by atoms with E-state index < -0.39 is 15.7 Å². The van der Waals surface area contributed by atoms with Crippen molar-refractivity contribution in [1.29, 1.82) is 0 Å². The van der Waals surface area contributed by atoms with Gasteiger partial charge in [-0.25, -0.2) is 12.8 Å². The number of nitrogens with zero attached hydrogens (tertiary/aromatic N) is 2. The maximum atomic E-state index is 14.2. The molecule has 2 aliphatic heterocycles. The maximum Gasteiger partial charge on any atom is 0.269 e. The van der Waals surface area contributed by atoms with Crippen molar-refractivity contribution in [3.05, 3.63) is 95.1 Å². The number of anilines is 2. The summed E-state index contributed by atoms with van der Waals surface area (Å²) in [5, 5.41) is 2.72. The van der Waals surface area contributed by atoms with Crippen LogP contribution in [0.3, 0.4) is 0 Å². The van der Waals surface area contributed by atoms with Crippen molar-refractivity contribution in [2.75, 3.05) is 36.4 Å². The highest BCUT2D eigenvalue weighted by Crippen LogP contribution is 2.42. The fourth-order valence-corrected chi connectivity index (χ4v) is 6.11. The summed E-state index contributed by atoms with van der Waals surface area (Å²) < 4.78 is 41.0. The number of hydrogen-bond donors (Lipinski definition) is 1. The van der Waals surface area contributed by atoms with E-state index in [-0.39, 0.29) is 15.6 Å². The molecule has 168 valence electrons. The van der Waals surface area contributed by atoms with Gasteiger partial charge in [-0.1, -0.05) is 48.5 Å². The van der Waals surface area contributed by atoms with Crippen molar-refractivity contribution < 1.29 is 17.6 Å². The van der Waals surface area contributed by atoms with Crippen LogP contribution < -0.4 is 10.2 Å². The standard InChI is InChI=1S/C25H22FN3O3S/c26-20-11-5-6-12-21(20)28-14-16-29(17-15-28)23-19-10-4-7-13-22(19)33(31,32)24(23)25(30)27-18-8-2-1-3-9-18/h1-13H,14-17H2,(H,27,30). The van der Waals surface area contributed by atoms with Crippen LogP contribution in [0.15, 0.2) is 88.7 Å². The number of benzene rings is 3. The molecule has 0 saturated carbocycles. The van der Waals surface area contributed by atoms with Crippen LogP contribution in [0.4, 0.5) is 15.8 Å². The lowest BCUT2D eigenvalue weighted by molar-refractivity contribution is -0.112. The van der Waals surface area contributed by atoms with Crippen molar-refractivity contribution in [3.8, 4) is 0 Å². The number of nitrogens with one attached hydrogen (secondary N) is 1. The Morgan fingerprint density at radius 3 is 2.12 bits per heavy atom. The zero-order valence-electron chi connectivity index (χ0n) is 17.7. The summed E-state index contributed by atoms with van der Waals surface area (Å²) in [4.78, 5) is 17.0. The molecule has 0 aliphatic carbocycles. The Morgan fingerprint density at radius 1 is 0.788 bits per heavy atom. The van der Waals surface area contributed by atoms with Gasteiger partial charge in [-0.2, -0.15) is 0 Å². The van der Waals surface area contributed by atoms with Gasteiger partial charge in [-0.3, -0.25) is 4.79 Å². The molecule has 0 bridgehead atoms. The molecular weight excluding hydrogens is 441 g/mol. The number of carbonyl (C=O) groups is 1. The molecule has 1 N–H and O–H groups in total. The molecule has 1 amide bonds. The third-order valence-electron chi connectivity index (χ3n) is 5.94. The first-order valence-corrected chi connectivity index (χ1v) is 12.1. The summed E-state index contributed by atoms with van der Waals surface area (Å²) >= 11 is 0. The summed E-state index contributed by atoms with van der Waals surface area (Å²) in [6.45, 7) is 1.91. The number of hydrogen-bond acceptors (Lipinski definition) is 5. The minimum Gasteiger partial charge on any atom is -0.366 e. The molecule has 3 aromatic rings. The number of halogens is 1. The Bertz CT molecular complexity index is 1350. The maximum absolute atomic E-state index is 14.2. The highest BCUT2D eigenvalue weighted by atomic mass is 32.2. The van der Waals surface area contributed by atoms with Gasteiger partial charge >= 0.3 is 0 Å². The summed E-state index contributed by atoms with van der Waals surface area (Å²) in [6.07, 6.45) is 0. The average molecular weight is 464 g/mol. The summed E-state index contributed by atoms with van der Waals surface area (Å²) in [7, 11) is -3.98. The first-order chi connectivity index (χ1) is 16.0. The van der Waals surface area contributed by atoms with Gasteiger partial charge in [0.2, 0.25) is 9.84 Å². The van der Waals surface area contributed by atoms with Crippen LogP contribution in [0.5, 0.6) is 0 Å². The van der Waals surface area contributed by atoms with Crippen LogP contribution >= 0.6 is 0 Å². The van der Waals surface area contributed by atoms with Gasteiger partial charge in [0.15, 0.2) is 4.91 Å². The normalized spacial score (nSPS) is 17.1. The van der Waals surface area contributed by atoms with Crippen molar-refractivity contribution in [2.24, 2.45) is 0 Å². The van der Waals surface area contributed by atoms with E-state index in [9.17, 15) is 17.6 Å². The monoisotopic (exact) mass is 463 g/mol. The molecule has 1 fully saturated rings. The number of amides is 1. The van der Waals surface area contributed by atoms with Gasteiger partial charge in [-0.15, -0.1) is 0 Å². The Morgan fingerprint density at radius 2 is 1.39 bits per heavy atom. The number of rotatable bonds is 4. The van der Waals surface area contributed by atoms with Crippen LogP contribution in [0.1, 0.15) is 5.56 Å². The Balaban J connectivity index is 1.50. The molecule has 33 heavy (non-hydrogen) atoms. The third kappa shape index (κ3) is 3.76. The lowest BCUT2D eigenvalue weighted by atomic mass is 10.1. The Hall–Kier alpha value is -3.65. The molecule has 1 saturated heterocycles. The van der Waals surface area contributed by atoms with Crippen LogP contribution in [0, 0.1) is 5.82 Å². The van der Waals surface area contributed by atoms with Gasteiger partial charge in [0.25, 0.3) is 5.91 Å². The van der Waals surface area contributed by atoms with E-state index in [1.54, 1.807) is 60.7 Å². The first-order valence-electron chi connectivity index (χ1n) is 10.7. The quantitative estimate of drug-likeness (QED) is 0.638. The van der Waals surface area contributed by atoms with Gasteiger partial charge < -0.3 is 15.1 Å². The van der Waals surface area contributed by atoms with Crippen molar-refractivity contribution in [2.45, 2.75) is 4.90 Å². The van der Waals surface area contributed by atoms with E-state index in [2.05, 4.69) is 5.32 Å². The zero-order chi connectivity index (χ0) is 23.0. The van der Waals surface area contributed by atoms with Crippen LogP contribution in [0.2, 0.25) is 0 Å². The topological polar surface area (TPSA) is 69.7 Å². The second-order valence-electron chi connectivity index (χ2n) is 7.92. The lowest BCUT2D eigenvalue weighted by Crippen LogP contribution is -2.46. The first kappa shape index (κ1) is 21.2. The van der Waals surface area contributed by atoms with E-state index in [0.29, 0.717) is 48.8 Å². The number of sulfone groups is 1. The molecule has 0 spiro atoms. The van der Waals surface area contributed by atoms with Gasteiger partial charge in [-0.05, 0) is 30.3 Å². The summed E-state index contributed by atoms with van der Waals surface area (Å²) in [6, 6.07) is 22.1. The van der Waals surface area contributed by atoms with Crippen molar-refractivity contribution in [1.82, 2.24) is 4.90 Å². The Kier molecular flexibility index (Phi) is 5.38. The minimum absolute atomic E-state index is 0.134. The number of piperazine rings is 1. The predicted molar refractivity (Wildman–Crippen MR) is 126 cm³/mol. The van der Waals surface area contributed by atoms with Gasteiger partial charge in [0.1, 0.15) is 5.82 Å². The van der Waals surface area contributed by atoms with Crippen molar-refractivity contribution >= 4 is 32.8 Å². The van der Waals surface area contributed by atoms with Gasteiger partial charge in [0, 0.05) is 37.4 Å². The van der Waals surface area contributed by atoms with Crippen molar-refractivity contribution in [3.63, 3.8) is 0 Å². The minimum atomic E-state index is -3.98. The molecule has 0 unspecified atom stereocenters. The SMILES string of the molecule is O=C(Nc1ccccc1)C1=C(N2CCN(c3ccccc3F)CC2)c2ccccc2S1(=O)=O. The predicted octanol–water partition coefficient (Wildman–Crippen LogP) is 3.74.